The minimum atomic E-state index is -0.401. The lowest BCUT2D eigenvalue weighted by Gasteiger charge is -2.15. The van der Waals surface area contributed by atoms with E-state index in [0.29, 0.717) is 29.4 Å². The number of rotatable bonds is 10. The van der Waals surface area contributed by atoms with Crippen LogP contribution in [0, 0.1) is 5.82 Å². The fraction of sp³-hybridized carbons (Fsp3) is 0.161. The normalized spacial score (nSPS) is 14.3. The van der Waals surface area contributed by atoms with E-state index in [1.54, 1.807) is 30.3 Å². The number of halogens is 2. The highest BCUT2D eigenvalue weighted by Gasteiger charge is 2.35. The minimum Gasteiger partial charge on any atom is -0.491 e. The van der Waals surface area contributed by atoms with Gasteiger partial charge in [-0.05, 0) is 71.6 Å². The number of amides is 2. The van der Waals surface area contributed by atoms with Crippen molar-refractivity contribution in [1.82, 2.24) is 4.90 Å². The summed E-state index contributed by atoms with van der Waals surface area (Å²) in [4.78, 5) is 27.2. The molecule has 0 saturated carbocycles. The van der Waals surface area contributed by atoms with Crippen LogP contribution < -0.4 is 14.2 Å². The third-order valence-electron chi connectivity index (χ3n) is 6.12. The molecule has 4 aromatic carbocycles. The van der Waals surface area contributed by atoms with Gasteiger partial charge in [0.2, 0.25) is 0 Å². The Hall–Kier alpha value is -4.01. The van der Waals surface area contributed by atoms with Gasteiger partial charge in [-0.1, -0.05) is 60.1 Å². The Kier molecular flexibility index (Phi) is 8.57. The van der Waals surface area contributed by atoms with Crippen LogP contribution in [0.3, 0.4) is 0 Å². The van der Waals surface area contributed by atoms with E-state index in [2.05, 4.69) is 0 Å². The quantitative estimate of drug-likeness (QED) is 0.180. The first-order chi connectivity index (χ1) is 19.4. The van der Waals surface area contributed by atoms with Gasteiger partial charge in [0.15, 0.2) is 11.5 Å². The lowest BCUT2D eigenvalue weighted by Crippen LogP contribution is -2.32. The van der Waals surface area contributed by atoms with Gasteiger partial charge in [0.1, 0.15) is 24.8 Å². The van der Waals surface area contributed by atoms with E-state index < -0.39 is 5.91 Å². The highest BCUT2D eigenvalue weighted by atomic mass is 35.5. The van der Waals surface area contributed by atoms with Crippen LogP contribution in [0.1, 0.15) is 18.1 Å². The van der Waals surface area contributed by atoms with Gasteiger partial charge in [0, 0.05) is 5.39 Å². The number of ether oxygens (including phenoxy) is 3. The number of fused-ring (bicyclic) bond motifs is 1. The Balaban J connectivity index is 1.27. The lowest BCUT2D eigenvalue weighted by molar-refractivity contribution is -0.123. The summed E-state index contributed by atoms with van der Waals surface area (Å²) in [6.45, 7) is 2.64. The van der Waals surface area contributed by atoms with Crippen molar-refractivity contribution >= 4 is 51.4 Å². The lowest BCUT2D eigenvalue weighted by atomic mass is 10.1. The van der Waals surface area contributed by atoms with E-state index in [1.165, 1.54) is 17.0 Å². The predicted octanol–water partition coefficient (Wildman–Crippen LogP) is 7.73. The molecule has 5 rings (SSSR count). The van der Waals surface area contributed by atoms with Crippen LogP contribution in [0.2, 0.25) is 5.02 Å². The van der Waals surface area contributed by atoms with Gasteiger partial charge in [0.25, 0.3) is 11.1 Å². The summed E-state index contributed by atoms with van der Waals surface area (Å²) >= 11 is 7.39. The molecule has 4 aromatic rings. The largest absolute Gasteiger partial charge is 0.491 e. The third-order valence-corrected chi connectivity index (χ3v) is 7.31. The standard InChI is InChI=1S/C31H25ClFNO5S/c1-2-37-27-17-21(16-25(32)29(27)39-19-20-10-12-23(33)13-11-20)18-28-30(35)34(31(36)40-28)14-15-38-26-9-5-7-22-6-3-4-8-24(22)26/h3-13,16-18H,2,14-15,19H2,1H3/b28-18-. The van der Waals surface area contributed by atoms with E-state index in [-0.39, 0.29) is 40.7 Å². The van der Waals surface area contributed by atoms with Crippen molar-refractivity contribution in [2.45, 2.75) is 13.5 Å². The molecule has 0 aliphatic carbocycles. The van der Waals surface area contributed by atoms with Crippen LogP contribution in [0.5, 0.6) is 17.2 Å². The highest BCUT2D eigenvalue weighted by Crippen LogP contribution is 2.39. The second-order valence-electron chi connectivity index (χ2n) is 8.84. The van der Waals surface area contributed by atoms with E-state index in [0.717, 1.165) is 28.1 Å². The summed E-state index contributed by atoms with van der Waals surface area (Å²) in [6.07, 6.45) is 1.61. The van der Waals surface area contributed by atoms with Crippen LogP contribution in [0.25, 0.3) is 16.8 Å². The summed E-state index contributed by atoms with van der Waals surface area (Å²) in [6, 6.07) is 22.9. The van der Waals surface area contributed by atoms with Crippen molar-refractivity contribution in [3.63, 3.8) is 0 Å². The fourth-order valence-electron chi connectivity index (χ4n) is 4.22. The van der Waals surface area contributed by atoms with Crippen molar-refractivity contribution < 1.29 is 28.2 Å². The first-order valence-corrected chi connectivity index (χ1v) is 13.8. The van der Waals surface area contributed by atoms with Crippen molar-refractivity contribution in [3.05, 3.63) is 106 Å². The molecule has 9 heteroatoms. The molecular formula is C31H25ClFNO5S. The number of hydrogen-bond donors (Lipinski definition) is 0. The number of benzene rings is 4. The average Bonchev–Trinajstić information content (AvgIpc) is 3.21. The van der Waals surface area contributed by atoms with Crippen LogP contribution in [-0.4, -0.2) is 35.8 Å². The monoisotopic (exact) mass is 577 g/mol. The Labute approximate surface area is 240 Å². The number of nitrogens with zero attached hydrogens (tertiary/aromatic N) is 1. The topological polar surface area (TPSA) is 65.1 Å². The third kappa shape index (κ3) is 6.24. The van der Waals surface area contributed by atoms with Crippen LogP contribution in [0.15, 0.2) is 83.8 Å². The molecule has 0 aromatic heterocycles. The molecule has 0 bridgehead atoms. The number of carbonyl (C=O) groups is 2. The van der Waals surface area contributed by atoms with Gasteiger partial charge in [-0.15, -0.1) is 0 Å². The van der Waals surface area contributed by atoms with Gasteiger partial charge in [-0.25, -0.2) is 4.39 Å². The van der Waals surface area contributed by atoms with Crippen molar-refractivity contribution in [2.24, 2.45) is 0 Å². The summed E-state index contributed by atoms with van der Waals surface area (Å²) in [5.74, 6) is 0.695. The Morgan fingerprint density at radius 1 is 0.925 bits per heavy atom. The fourth-order valence-corrected chi connectivity index (χ4v) is 5.36. The molecular weight excluding hydrogens is 553 g/mol. The molecule has 40 heavy (non-hydrogen) atoms. The molecule has 204 valence electrons. The van der Waals surface area contributed by atoms with Crippen LogP contribution in [-0.2, 0) is 11.4 Å². The summed E-state index contributed by atoms with van der Waals surface area (Å²) in [7, 11) is 0. The maximum absolute atomic E-state index is 13.2. The average molecular weight is 578 g/mol. The number of imide groups is 1. The van der Waals surface area contributed by atoms with Crippen LogP contribution in [0.4, 0.5) is 9.18 Å². The molecule has 6 nitrogen and oxygen atoms in total. The summed E-state index contributed by atoms with van der Waals surface area (Å²) < 4.78 is 30.8. The zero-order chi connectivity index (χ0) is 28.1. The summed E-state index contributed by atoms with van der Waals surface area (Å²) in [5.41, 5.74) is 1.35. The molecule has 1 heterocycles. The maximum atomic E-state index is 13.2. The molecule has 0 spiro atoms. The van der Waals surface area contributed by atoms with Gasteiger partial charge in [0.05, 0.1) is 23.1 Å². The van der Waals surface area contributed by atoms with Gasteiger partial charge in [-0.3, -0.25) is 14.5 Å². The minimum absolute atomic E-state index is 0.117. The Morgan fingerprint density at radius 2 is 1.70 bits per heavy atom. The second kappa shape index (κ2) is 12.4. The second-order valence-corrected chi connectivity index (χ2v) is 10.2. The van der Waals surface area contributed by atoms with Gasteiger partial charge in [-0.2, -0.15) is 0 Å². The molecule has 2 amide bonds. The zero-order valence-electron chi connectivity index (χ0n) is 21.6. The van der Waals surface area contributed by atoms with Crippen LogP contribution >= 0.6 is 23.4 Å². The maximum Gasteiger partial charge on any atom is 0.293 e. The van der Waals surface area contributed by atoms with E-state index in [9.17, 15) is 14.0 Å². The van der Waals surface area contributed by atoms with Gasteiger partial charge < -0.3 is 14.2 Å². The smallest absolute Gasteiger partial charge is 0.293 e. The number of carbonyl (C=O) groups excluding carboxylic acids is 2. The Bertz CT molecular complexity index is 1590. The van der Waals surface area contributed by atoms with Gasteiger partial charge >= 0.3 is 0 Å². The van der Waals surface area contributed by atoms with E-state index in [4.69, 9.17) is 25.8 Å². The first kappa shape index (κ1) is 27.6. The number of thioether (sulfide) groups is 1. The predicted molar refractivity (Wildman–Crippen MR) is 155 cm³/mol. The Morgan fingerprint density at radius 3 is 2.50 bits per heavy atom. The van der Waals surface area contributed by atoms with E-state index >= 15 is 0 Å². The molecule has 1 aliphatic heterocycles. The zero-order valence-corrected chi connectivity index (χ0v) is 23.1. The molecule has 0 atom stereocenters. The molecule has 1 saturated heterocycles. The first-order valence-electron chi connectivity index (χ1n) is 12.6. The molecule has 0 unspecified atom stereocenters. The van der Waals surface area contributed by atoms with Crippen molar-refractivity contribution in [2.75, 3.05) is 19.8 Å². The molecule has 1 aliphatic rings. The highest BCUT2D eigenvalue weighted by molar-refractivity contribution is 8.18. The molecule has 0 N–H and O–H groups in total. The molecule has 0 radical (unpaired) electrons. The SMILES string of the molecule is CCOc1cc(/C=C2\SC(=O)N(CCOc3cccc4ccccc34)C2=O)cc(Cl)c1OCc1ccc(F)cc1. The van der Waals surface area contributed by atoms with Crippen molar-refractivity contribution in [1.29, 1.82) is 0 Å². The van der Waals surface area contributed by atoms with Crippen molar-refractivity contribution in [3.8, 4) is 17.2 Å². The van der Waals surface area contributed by atoms with E-state index in [1.807, 2.05) is 49.4 Å². The molecule has 1 fully saturated rings. The summed E-state index contributed by atoms with van der Waals surface area (Å²) in [5, 5.41) is 1.92. The number of hydrogen-bond acceptors (Lipinski definition) is 6.